The second-order valence-corrected chi connectivity index (χ2v) is 7.98. The SMILES string of the molecule is COc1cc(C2SC(C)=Nc3c2c(C)nn3Cc2ccccc2)cc(O)c1O. The Bertz CT molecular complexity index is 1060. The third kappa shape index (κ3) is 3.22. The third-order valence-electron chi connectivity index (χ3n) is 4.73. The van der Waals surface area contributed by atoms with Crippen LogP contribution in [-0.4, -0.2) is 32.1 Å². The van der Waals surface area contributed by atoms with Crippen LogP contribution in [0.4, 0.5) is 5.82 Å². The maximum atomic E-state index is 10.1. The van der Waals surface area contributed by atoms with Gasteiger partial charge in [0.05, 0.1) is 29.6 Å². The van der Waals surface area contributed by atoms with Gasteiger partial charge in [0.1, 0.15) is 0 Å². The number of phenolic OH excluding ortho intramolecular Hbond substituents is 2. The third-order valence-corrected chi connectivity index (χ3v) is 5.91. The van der Waals surface area contributed by atoms with Crippen LogP contribution in [0.5, 0.6) is 17.2 Å². The first kappa shape index (κ1) is 18.4. The van der Waals surface area contributed by atoms with E-state index in [1.165, 1.54) is 7.11 Å². The summed E-state index contributed by atoms with van der Waals surface area (Å²) in [5.74, 6) is 0.612. The van der Waals surface area contributed by atoms with Crippen molar-refractivity contribution < 1.29 is 14.9 Å². The number of hydrogen-bond acceptors (Lipinski definition) is 6. The Morgan fingerprint density at radius 2 is 1.89 bits per heavy atom. The summed E-state index contributed by atoms with van der Waals surface area (Å²) < 4.78 is 7.14. The molecule has 0 bridgehead atoms. The lowest BCUT2D eigenvalue weighted by Crippen LogP contribution is -2.08. The molecule has 0 saturated heterocycles. The number of aryl methyl sites for hydroxylation is 1. The Hall–Kier alpha value is -2.93. The molecule has 7 heteroatoms. The van der Waals surface area contributed by atoms with Crippen LogP contribution in [0, 0.1) is 6.92 Å². The molecule has 2 aromatic carbocycles. The molecule has 1 aromatic heterocycles. The molecule has 0 fully saturated rings. The zero-order valence-electron chi connectivity index (χ0n) is 15.9. The monoisotopic (exact) mass is 395 g/mol. The summed E-state index contributed by atoms with van der Waals surface area (Å²) in [4.78, 5) is 4.76. The van der Waals surface area contributed by atoms with Gasteiger partial charge in [-0.25, -0.2) is 9.67 Å². The van der Waals surface area contributed by atoms with Gasteiger partial charge in [0.15, 0.2) is 17.3 Å². The van der Waals surface area contributed by atoms with Crippen LogP contribution in [0.3, 0.4) is 0 Å². The number of fused-ring (bicyclic) bond motifs is 1. The molecule has 28 heavy (non-hydrogen) atoms. The number of thioether (sulfide) groups is 1. The van der Waals surface area contributed by atoms with Crippen LogP contribution < -0.4 is 4.74 Å². The fraction of sp³-hybridized carbons (Fsp3) is 0.238. The molecule has 1 aliphatic heterocycles. The molecule has 0 spiro atoms. The largest absolute Gasteiger partial charge is 0.504 e. The molecular weight excluding hydrogens is 374 g/mol. The minimum Gasteiger partial charge on any atom is -0.504 e. The van der Waals surface area contributed by atoms with E-state index < -0.39 is 0 Å². The Kier molecular flexibility index (Phi) is 4.77. The summed E-state index contributed by atoms with van der Waals surface area (Å²) in [6.07, 6.45) is 0. The van der Waals surface area contributed by atoms with Gasteiger partial charge < -0.3 is 14.9 Å². The normalized spacial score (nSPS) is 15.8. The number of aromatic hydroxyl groups is 2. The first-order valence-electron chi connectivity index (χ1n) is 8.91. The van der Waals surface area contributed by atoms with Crippen molar-refractivity contribution in [2.75, 3.05) is 7.11 Å². The summed E-state index contributed by atoms with van der Waals surface area (Å²) >= 11 is 1.60. The van der Waals surface area contributed by atoms with Gasteiger partial charge in [-0.3, -0.25) is 0 Å². The average Bonchev–Trinajstić information content (AvgIpc) is 2.99. The molecule has 3 aromatic rings. The van der Waals surface area contributed by atoms with E-state index in [0.717, 1.165) is 33.2 Å². The van der Waals surface area contributed by atoms with Crippen LogP contribution in [0.15, 0.2) is 47.5 Å². The highest BCUT2D eigenvalue weighted by molar-refractivity contribution is 8.14. The topological polar surface area (TPSA) is 79.9 Å². The molecule has 1 unspecified atom stereocenters. The first-order chi connectivity index (χ1) is 13.5. The highest BCUT2D eigenvalue weighted by Gasteiger charge is 2.31. The Labute approximate surface area is 167 Å². The van der Waals surface area contributed by atoms with Gasteiger partial charge in [0.2, 0.25) is 5.75 Å². The number of aliphatic imine (C=N–C) groups is 1. The van der Waals surface area contributed by atoms with E-state index in [0.29, 0.717) is 6.54 Å². The molecule has 0 aliphatic carbocycles. The highest BCUT2D eigenvalue weighted by Crippen LogP contribution is 2.49. The van der Waals surface area contributed by atoms with E-state index in [-0.39, 0.29) is 22.5 Å². The number of aromatic nitrogens is 2. The van der Waals surface area contributed by atoms with Crippen molar-refractivity contribution in [1.82, 2.24) is 9.78 Å². The maximum Gasteiger partial charge on any atom is 0.200 e. The summed E-state index contributed by atoms with van der Waals surface area (Å²) in [6.45, 7) is 4.57. The second kappa shape index (κ2) is 7.24. The molecule has 0 amide bonds. The van der Waals surface area contributed by atoms with E-state index in [4.69, 9.17) is 14.8 Å². The summed E-state index contributed by atoms with van der Waals surface area (Å²) in [6, 6.07) is 13.5. The predicted molar refractivity (Wildman–Crippen MR) is 111 cm³/mol. The van der Waals surface area contributed by atoms with Gasteiger partial charge in [-0.2, -0.15) is 5.10 Å². The van der Waals surface area contributed by atoms with Gasteiger partial charge in [0.25, 0.3) is 0 Å². The molecule has 1 atom stereocenters. The number of nitrogens with zero attached hydrogens (tertiary/aromatic N) is 3. The molecule has 0 saturated carbocycles. The number of benzene rings is 2. The lowest BCUT2D eigenvalue weighted by Gasteiger charge is -2.23. The van der Waals surface area contributed by atoms with E-state index in [9.17, 15) is 10.2 Å². The Balaban J connectivity index is 1.81. The van der Waals surface area contributed by atoms with E-state index >= 15 is 0 Å². The van der Waals surface area contributed by atoms with E-state index in [2.05, 4.69) is 12.1 Å². The van der Waals surface area contributed by atoms with Crippen LogP contribution in [-0.2, 0) is 6.54 Å². The number of ether oxygens (including phenoxy) is 1. The van der Waals surface area contributed by atoms with Gasteiger partial charge in [-0.05, 0) is 37.1 Å². The highest BCUT2D eigenvalue weighted by atomic mass is 32.2. The average molecular weight is 395 g/mol. The first-order valence-corrected chi connectivity index (χ1v) is 9.79. The van der Waals surface area contributed by atoms with Crippen molar-refractivity contribution in [2.24, 2.45) is 4.99 Å². The Morgan fingerprint density at radius 1 is 1.14 bits per heavy atom. The number of phenols is 2. The van der Waals surface area contributed by atoms with Crippen LogP contribution in [0.25, 0.3) is 0 Å². The van der Waals surface area contributed by atoms with Crippen molar-refractivity contribution >= 4 is 22.6 Å². The van der Waals surface area contributed by atoms with Crippen molar-refractivity contribution in [1.29, 1.82) is 0 Å². The van der Waals surface area contributed by atoms with Gasteiger partial charge in [0, 0.05) is 5.56 Å². The molecular formula is C21H21N3O3S. The summed E-state index contributed by atoms with van der Waals surface area (Å²) in [7, 11) is 1.47. The van der Waals surface area contributed by atoms with Crippen LogP contribution >= 0.6 is 11.8 Å². The zero-order valence-corrected chi connectivity index (χ0v) is 16.7. The van der Waals surface area contributed by atoms with Crippen molar-refractivity contribution in [3.05, 3.63) is 64.8 Å². The molecule has 2 N–H and O–H groups in total. The van der Waals surface area contributed by atoms with Crippen LogP contribution in [0.2, 0.25) is 0 Å². The quantitative estimate of drug-likeness (QED) is 0.634. The summed E-state index contributed by atoms with van der Waals surface area (Å²) in [5, 5.41) is 25.7. The maximum absolute atomic E-state index is 10.1. The van der Waals surface area contributed by atoms with Gasteiger partial charge in [-0.15, -0.1) is 0 Å². The molecule has 0 radical (unpaired) electrons. The summed E-state index contributed by atoms with van der Waals surface area (Å²) in [5.41, 5.74) is 3.89. The van der Waals surface area contributed by atoms with Crippen molar-refractivity contribution in [3.63, 3.8) is 0 Å². The van der Waals surface area contributed by atoms with Crippen molar-refractivity contribution in [2.45, 2.75) is 25.6 Å². The van der Waals surface area contributed by atoms with E-state index in [1.54, 1.807) is 23.9 Å². The molecule has 6 nitrogen and oxygen atoms in total. The Morgan fingerprint density at radius 3 is 2.61 bits per heavy atom. The predicted octanol–water partition coefficient (Wildman–Crippen LogP) is 4.55. The fourth-order valence-electron chi connectivity index (χ4n) is 3.44. The molecule has 1 aliphatic rings. The number of methoxy groups -OCH3 is 1. The number of rotatable bonds is 4. The van der Waals surface area contributed by atoms with Crippen LogP contribution in [0.1, 0.15) is 34.6 Å². The van der Waals surface area contributed by atoms with Crippen molar-refractivity contribution in [3.8, 4) is 17.2 Å². The van der Waals surface area contributed by atoms with Gasteiger partial charge in [-0.1, -0.05) is 42.1 Å². The zero-order chi connectivity index (χ0) is 19.8. The van der Waals surface area contributed by atoms with E-state index in [1.807, 2.05) is 36.7 Å². The standard InChI is InChI=1S/C21H21N3O3S/c1-12-18-20(15-9-16(25)19(26)17(10-15)27-3)28-13(2)22-21(18)24(23-12)11-14-7-5-4-6-8-14/h4-10,20,25-26H,11H2,1-3H3. The fourth-order valence-corrected chi connectivity index (χ4v) is 4.58. The second-order valence-electron chi connectivity index (χ2n) is 6.69. The van der Waals surface area contributed by atoms with Gasteiger partial charge >= 0.3 is 0 Å². The minimum atomic E-state index is -0.255. The lowest BCUT2D eigenvalue weighted by atomic mass is 10.0. The minimum absolute atomic E-state index is 0.0996. The molecule has 2 heterocycles. The smallest absolute Gasteiger partial charge is 0.200 e. The molecule has 144 valence electrons. The lowest BCUT2D eigenvalue weighted by molar-refractivity contribution is 0.350. The number of hydrogen-bond donors (Lipinski definition) is 2. The molecule has 4 rings (SSSR count).